The van der Waals surface area contributed by atoms with Gasteiger partial charge in [0.2, 0.25) is 0 Å². The maximum Gasteiger partial charge on any atom is 0.136 e. The van der Waals surface area contributed by atoms with E-state index < -0.39 is 0 Å². The number of anilines is 3. The molecule has 0 spiro atoms. The third kappa shape index (κ3) is 3.10. The number of hydrogen-bond acceptors (Lipinski definition) is 4. The van der Waals surface area contributed by atoms with Crippen LogP contribution in [-0.4, -0.2) is 17.0 Å². The number of halogens is 1. The van der Waals surface area contributed by atoms with Gasteiger partial charge in [0.25, 0.3) is 0 Å². The number of aryl methyl sites for hydroxylation is 1. The summed E-state index contributed by atoms with van der Waals surface area (Å²) in [7, 11) is 1.88. The first kappa shape index (κ1) is 13.4. The smallest absolute Gasteiger partial charge is 0.136 e. The van der Waals surface area contributed by atoms with Crippen molar-refractivity contribution in [3.05, 3.63) is 40.1 Å². The molecule has 20 heavy (non-hydrogen) atoms. The minimum absolute atomic E-state index is 0.535. The van der Waals surface area contributed by atoms with E-state index in [1.54, 1.807) is 0 Å². The maximum atomic E-state index is 4.62. The molecule has 3 rings (SSSR count). The first-order valence-corrected chi connectivity index (χ1v) is 7.54. The SMILES string of the molecule is CNc1cc(Nc2cc(C)cc(Br)c2)nc(C2CC2)n1. The van der Waals surface area contributed by atoms with E-state index in [4.69, 9.17) is 0 Å². The Bertz CT molecular complexity index is 618. The van der Waals surface area contributed by atoms with Crippen molar-refractivity contribution in [2.24, 2.45) is 0 Å². The van der Waals surface area contributed by atoms with Crippen molar-refractivity contribution in [2.45, 2.75) is 25.7 Å². The minimum Gasteiger partial charge on any atom is -0.373 e. The molecular formula is C15H17BrN4. The Balaban J connectivity index is 1.90. The molecule has 1 saturated carbocycles. The van der Waals surface area contributed by atoms with E-state index in [-0.39, 0.29) is 0 Å². The Morgan fingerprint density at radius 1 is 1.10 bits per heavy atom. The summed E-state index contributed by atoms with van der Waals surface area (Å²) < 4.78 is 1.06. The molecule has 0 bridgehead atoms. The fourth-order valence-electron chi connectivity index (χ4n) is 2.14. The molecule has 2 aromatic rings. The highest BCUT2D eigenvalue weighted by molar-refractivity contribution is 9.10. The number of nitrogens with one attached hydrogen (secondary N) is 2. The van der Waals surface area contributed by atoms with E-state index >= 15 is 0 Å². The lowest BCUT2D eigenvalue weighted by Gasteiger charge is -2.10. The second-order valence-electron chi connectivity index (χ2n) is 5.16. The minimum atomic E-state index is 0.535. The molecule has 104 valence electrons. The monoisotopic (exact) mass is 332 g/mol. The molecule has 4 nitrogen and oxygen atoms in total. The van der Waals surface area contributed by atoms with Crippen molar-refractivity contribution in [3.63, 3.8) is 0 Å². The van der Waals surface area contributed by atoms with Crippen molar-refractivity contribution in [2.75, 3.05) is 17.7 Å². The second kappa shape index (κ2) is 5.40. The van der Waals surface area contributed by atoms with Crippen LogP contribution in [0.15, 0.2) is 28.7 Å². The van der Waals surface area contributed by atoms with Gasteiger partial charge in [0.1, 0.15) is 17.5 Å². The van der Waals surface area contributed by atoms with Crippen LogP contribution >= 0.6 is 15.9 Å². The highest BCUT2D eigenvalue weighted by atomic mass is 79.9. The summed E-state index contributed by atoms with van der Waals surface area (Å²) in [5.74, 6) is 3.17. The van der Waals surface area contributed by atoms with Crippen molar-refractivity contribution < 1.29 is 0 Å². The topological polar surface area (TPSA) is 49.8 Å². The van der Waals surface area contributed by atoms with Crippen LogP contribution in [0.5, 0.6) is 0 Å². The van der Waals surface area contributed by atoms with Crippen LogP contribution in [0.1, 0.15) is 30.1 Å². The summed E-state index contributed by atoms with van der Waals surface area (Å²) >= 11 is 3.52. The zero-order valence-electron chi connectivity index (χ0n) is 11.6. The number of benzene rings is 1. The van der Waals surface area contributed by atoms with E-state index in [2.05, 4.69) is 55.6 Å². The van der Waals surface area contributed by atoms with Gasteiger partial charge < -0.3 is 10.6 Å². The van der Waals surface area contributed by atoms with E-state index in [0.717, 1.165) is 27.6 Å². The van der Waals surface area contributed by atoms with Crippen molar-refractivity contribution in [3.8, 4) is 0 Å². The standard InChI is InChI=1S/C15H17BrN4/c1-9-5-11(16)7-12(6-9)18-14-8-13(17-2)19-15(20-14)10-3-4-10/h5-8,10H,3-4H2,1-2H3,(H2,17,18,19,20). The van der Waals surface area contributed by atoms with Crippen LogP contribution in [0.4, 0.5) is 17.3 Å². The molecule has 1 aliphatic rings. The predicted molar refractivity (Wildman–Crippen MR) is 85.7 cm³/mol. The predicted octanol–water partition coefficient (Wildman–Crippen LogP) is 4.21. The largest absolute Gasteiger partial charge is 0.373 e. The van der Waals surface area contributed by atoms with E-state index in [1.165, 1.54) is 18.4 Å². The van der Waals surface area contributed by atoms with Crippen LogP contribution < -0.4 is 10.6 Å². The van der Waals surface area contributed by atoms with Crippen molar-refractivity contribution in [1.82, 2.24) is 9.97 Å². The molecule has 1 aromatic heterocycles. The van der Waals surface area contributed by atoms with E-state index in [9.17, 15) is 0 Å². The molecule has 0 radical (unpaired) electrons. The maximum absolute atomic E-state index is 4.62. The Morgan fingerprint density at radius 3 is 2.50 bits per heavy atom. The lowest BCUT2D eigenvalue weighted by Crippen LogP contribution is -2.03. The summed E-state index contributed by atoms with van der Waals surface area (Å²) in [6.07, 6.45) is 2.39. The molecule has 0 amide bonds. The van der Waals surface area contributed by atoms with Gasteiger partial charge in [-0.25, -0.2) is 9.97 Å². The van der Waals surface area contributed by atoms with Crippen LogP contribution in [0.25, 0.3) is 0 Å². The Morgan fingerprint density at radius 2 is 1.85 bits per heavy atom. The van der Waals surface area contributed by atoms with E-state index in [0.29, 0.717) is 5.92 Å². The number of nitrogens with zero attached hydrogens (tertiary/aromatic N) is 2. The molecule has 1 aliphatic carbocycles. The zero-order chi connectivity index (χ0) is 14.1. The van der Waals surface area contributed by atoms with Gasteiger partial charge in [0.15, 0.2) is 0 Å². The lowest BCUT2D eigenvalue weighted by molar-refractivity contribution is 0.932. The summed E-state index contributed by atoms with van der Waals surface area (Å²) in [5, 5.41) is 6.46. The number of hydrogen-bond donors (Lipinski definition) is 2. The molecule has 5 heteroatoms. The van der Waals surface area contributed by atoms with Gasteiger partial charge in [-0.2, -0.15) is 0 Å². The fraction of sp³-hybridized carbons (Fsp3) is 0.333. The van der Waals surface area contributed by atoms with Crippen LogP contribution in [0.3, 0.4) is 0 Å². The van der Waals surface area contributed by atoms with Gasteiger partial charge in [-0.1, -0.05) is 15.9 Å². The average Bonchev–Trinajstić information content (AvgIpc) is 3.21. The van der Waals surface area contributed by atoms with Gasteiger partial charge in [0, 0.05) is 29.2 Å². The van der Waals surface area contributed by atoms with Crippen LogP contribution in [0, 0.1) is 6.92 Å². The number of aromatic nitrogens is 2. The van der Waals surface area contributed by atoms with Gasteiger partial charge in [0.05, 0.1) is 0 Å². The quantitative estimate of drug-likeness (QED) is 0.880. The second-order valence-corrected chi connectivity index (χ2v) is 6.08. The Kier molecular flexibility index (Phi) is 3.61. The molecule has 2 N–H and O–H groups in total. The van der Waals surface area contributed by atoms with Gasteiger partial charge in [-0.05, 0) is 43.5 Å². The molecule has 1 aromatic carbocycles. The van der Waals surface area contributed by atoms with E-state index in [1.807, 2.05) is 19.2 Å². The highest BCUT2D eigenvalue weighted by Gasteiger charge is 2.27. The summed E-state index contributed by atoms with van der Waals surface area (Å²) in [6.45, 7) is 2.07. The highest BCUT2D eigenvalue weighted by Crippen LogP contribution is 2.39. The first-order valence-electron chi connectivity index (χ1n) is 6.75. The third-order valence-corrected chi connectivity index (χ3v) is 3.71. The van der Waals surface area contributed by atoms with Gasteiger partial charge in [-0.15, -0.1) is 0 Å². The lowest BCUT2D eigenvalue weighted by atomic mass is 10.2. The molecule has 0 saturated heterocycles. The molecule has 1 fully saturated rings. The Labute approximate surface area is 127 Å². The normalized spacial score (nSPS) is 14.2. The molecular weight excluding hydrogens is 316 g/mol. The fourth-order valence-corrected chi connectivity index (χ4v) is 2.75. The van der Waals surface area contributed by atoms with Gasteiger partial charge >= 0.3 is 0 Å². The van der Waals surface area contributed by atoms with Crippen molar-refractivity contribution >= 4 is 33.3 Å². The number of rotatable bonds is 4. The molecule has 1 heterocycles. The van der Waals surface area contributed by atoms with Crippen molar-refractivity contribution in [1.29, 1.82) is 0 Å². The third-order valence-electron chi connectivity index (χ3n) is 3.26. The van der Waals surface area contributed by atoms with Crippen LogP contribution in [0.2, 0.25) is 0 Å². The molecule has 0 unspecified atom stereocenters. The summed E-state index contributed by atoms with van der Waals surface area (Å²) in [6, 6.07) is 8.16. The summed E-state index contributed by atoms with van der Waals surface area (Å²) in [5.41, 5.74) is 2.23. The molecule has 0 atom stereocenters. The average molecular weight is 333 g/mol. The van der Waals surface area contributed by atoms with Gasteiger partial charge in [-0.3, -0.25) is 0 Å². The first-order chi connectivity index (χ1) is 9.64. The molecule has 0 aliphatic heterocycles. The zero-order valence-corrected chi connectivity index (χ0v) is 13.2. The van der Waals surface area contributed by atoms with Crippen LogP contribution in [-0.2, 0) is 0 Å². The Hall–Kier alpha value is -1.62. The summed E-state index contributed by atoms with van der Waals surface area (Å²) in [4.78, 5) is 9.14.